The van der Waals surface area contributed by atoms with Crippen LogP contribution >= 0.6 is 12.4 Å². The zero-order chi connectivity index (χ0) is 21.1. The molecule has 0 saturated carbocycles. The monoisotopic (exact) mass is 453 g/mol. The number of hydrogen-bond acceptors (Lipinski definition) is 5. The standard InChI is InChI=1S/C20H18F3N5O2.ClH/c21-20(22,23)15-3-6-18(25-10-15)28-12-14(9-26-28)19(29)27-16-4-1-13(2-5-16)17-11-24-7-8-30-17;/h1-6,9-10,12,17,24H,7-8,11H2,(H,27,29);1H/t17-;/m1./s1. The molecule has 0 spiro atoms. The lowest BCUT2D eigenvalue weighted by Gasteiger charge is -2.24. The van der Waals surface area contributed by atoms with E-state index in [1.54, 1.807) is 12.1 Å². The van der Waals surface area contributed by atoms with E-state index in [1.165, 1.54) is 23.1 Å². The SMILES string of the molecule is Cl.O=C(Nc1ccc([C@H]2CNCCO2)cc1)c1cnn(-c2ccc(C(F)(F)F)cn2)c1. The summed E-state index contributed by atoms with van der Waals surface area (Å²) in [5.41, 5.74) is 1.02. The summed E-state index contributed by atoms with van der Waals surface area (Å²) in [4.78, 5) is 16.2. The normalized spacial score (nSPS) is 16.4. The summed E-state index contributed by atoms with van der Waals surface area (Å²) in [7, 11) is 0. The molecule has 0 unspecified atom stereocenters. The maximum Gasteiger partial charge on any atom is 0.417 e. The topological polar surface area (TPSA) is 81.1 Å². The maximum atomic E-state index is 12.6. The molecule has 2 N–H and O–H groups in total. The van der Waals surface area contributed by atoms with E-state index in [4.69, 9.17) is 4.74 Å². The van der Waals surface area contributed by atoms with Crippen molar-refractivity contribution in [2.24, 2.45) is 0 Å². The molecule has 1 atom stereocenters. The molecule has 4 rings (SSSR count). The Labute approximate surface area is 182 Å². The number of anilines is 1. The second kappa shape index (κ2) is 9.46. The predicted molar refractivity (Wildman–Crippen MR) is 110 cm³/mol. The number of pyridine rings is 1. The Balaban J connectivity index is 0.00000272. The molecule has 1 amide bonds. The van der Waals surface area contributed by atoms with Gasteiger partial charge in [-0.15, -0.1) is 12.4 Å². The van der Waals surface area contributed by atoms with Crippen molar-refractivity contribution >= 4 is 24.0 Å². The van der Waals surface area contributed by atoms with Crippen molar-refractivity contribution in [2.45, 2.75) is 12.3 Å². The molecule has 0 radical (unpaired) electrons. The molecule has 1 saturated heterocycles. The Hall–Kier alpha value is -2.95. The first-order valence-corrected chi connectivity index (χ1v) is 9.22. The van der Waals surface area contributed by atoms with Crippen LogP contribution in [-0.2, 0) is 10.9 Å². The van der Waals surface area contributed by atoms with Crippen molar-refractivity contribution in [1.29, 1.82) is 0 Å². The number of nitrogens with zero attached hydrogens (tertiary/aromatic N) is 3. The predicted octanol–water partition coefficient (Wildman–Crippen LogP) is 3.62. The van der Waals surface area contributed by atoms with E-state index in [2.05, 4.69) is 20.7 Å². The van der Waals surface area contributed by atoms with Gasteiger partial charge < -0.3 is 15.4 Å². The van der Waals surface area contributed by atoms with E-state index in [9.17, 15) is 18.0 Å². The molecule has 0 aliphatic carbocycles. The van der Waals surface area contributed by atoms with Gasteiger partial charge in [0.1, 0.15) is 0 Å². The van der Waals surface area contributed by atoms with E-state index in [1.807, 2.05) is 12.1 Å². The largest absolute Gasteiger partial charge is 0.417 e. The molecule has 1 fully saturated rings. The third-order valence-electron chi connectivity index (χ3n) is 4.62. The van der Waals surface area contributed by atoms with Crippen LogP contribution in [0.15, 0.2) is 55.0 Å². The van der Waals surface area contributed by atoms with Crippen molar-refractivity contribution in [3.05, 3.63) is 71.7 Å². The van der Waals surface area contributed by atoms with Gasteiger partial charge in [0.25, 0.3) is 5.91 Å². The zero-order valence-electron chi connectivity index (χ0n) is 16.1. The highest BCUT2D eigenvalue weighted by molar-refractivity contribution is 6.03. The molecule has 1 aliphatic heterocycles. The third-order valence-corrected chi connectivity index (χ3v) is 4.62. The molecule has 31 heavy (non-hydrogen) atoms. The highest BCUT2D eigenvalue weighted by atomic mass is 35.5. The quantitative estimate of drug-likeness (QED) is 0.630. The van der Waals surface area contributed by atoms with Crippen molar-refractivity contribution in [1.82, 2.24) is 20.1 Å². The first-order valence-electron chi connectivity index (χ1n) is 9.22. The number of halogens is 4. The Morgan fingerprint density at radius 1 is 1.16 bits per heavy atom. The smallest absolute Gasteiger partial charge is 0.371 e. The first kappa shape index (κ1) is 22.7. The zero-order valence-corrected chi connectivity index (χ0v) is 16.9. The summed E-state index contributed by atoms with van der Waals surface area (Å²) in [6.07, 6.45) is -1.02. The highest BCUT2D eigenvalue weighted by Gasteiger charge is 2.30. The lowest BCUT2D eigenvalue weighted by molar-refractivity contribution is -0.137. The van der Waals surface area contributed by atoms with Crippen LogP contribution in [0.5, 0.6) is 0 Å². The molecule has 7 nitrogen and oxygen atoms in total. The average Bonchev–Trinajstić information content (AvgIpc) is 3.25. The molecular formula is C20H19ClF3N5O2. The van der Waals surface area contributed by atoms with Gasteiger partial charge in [0.15, 0.2) is 5.82 Å². The molecule has 3 heterocycles. The number of rotatable bonds is 4. The lowest BCUT2D eigenvalue weighted by atomic mass is 10.1. The van der Waals surface area contributed by atoms with E-state index in [0.29, 0.717) is 12.3 Å². The molecule has 164 valence electrons. The fourth-order valence-electron chi connectivity index (χ4n) is 3.02. The van der Waals surface area contributed by atoms with Gasteiger partial charge in [-0.3, -0.25) is 4.79 Å². The Morgan fingerprint density at radius 3 is 2.55 bits per heavy atom. The van der Waals surface area contributed by atoms with Crippen LogP contribution in [0, 0.1) is 0 Å². The van der Waals surface area contributed by atoms with Gasteiger partial charge in [-0.05, 0) is 29.8 Å². The number of ether oxygens (including phenoxy) is 1. The first-order chi connectivity index (χ1) is 14.4. The van der Waals surface area contributed by atoms with Gasteiger partial charge in [0.2, 0.25) is 0 Å². The second-order valence-electron chi connectivity index (χ2n) is 6.72. The number of nitrogens with one attached hydrogen (secondary N) is 2. The van der Waals surface area contributed by atoms with Crippen molar-refractivity contribution < 1.29 is 22.7 Å². The number of alkyl halides is 3. The fourth-order valence-corrected chi connectivity index (χ4v) is 3.02. The summed E-state index contributed by atoms with van der Waals surface area (Å²) >= 11 is 0. The number of aromatic nitrogens is 3. The van der Waals surface area contributed by atoms with Crippen LogP contribution in [-0.4, -0.2) is 40.4 Å². The number of carbonyl (C=O) groups is 1. The van der Waals surface area contributed by atoms with E-state index < -0.39 is 17.6 Å². The number of amides is 1. The molecule has 1 aromatic carbocycles. The van der Waals surface area contributed by atoms with Gasteiger partial charge >= 0.3 is 6.18 Å². The molecule has 0 bridgehead atoms. The minimum atomic E-state index is -4.46. The van der Waals surface area contributed by atoms with Gasteiger partial charge in [0.05, 0.1) is 30.0 Å². The van der Waals surface area contributed by atoms with E-state index in [-0.39, 0.29) is 29.9 Å². The molecule has 1 aliphatic rings. The number of hydrogen-bond donors (Lipinski definition) is 2. The lowest BCUT2D eigenvalue weighted by Crippen LogP contribution is -2.33. The summed E-state index contributed by atoms with van der Waals surface area (Å²) in [5.74, 6) is -0.219. The summed E-state index contributed by atoms with van der Waals surface area (Å²) in [6, 6.07) is 9.46. The number of carbonyl (C=O) groups excluding carboxylic acids is 1. The summed E-state index contributed by atoms with van der Waals surface area (Å²) in [5, 5.41) is 10.0. The van der Waals surface area contributed by atoms with Crippen LogP contribution in [0.4, 0.5) is 18.9 Å². The fraction of sp³-hybridized carbons (Fsp3) is 0.250. The van der Waals surface area contributed by atoms with Crippen molar-refractivity contribution in [2.75, 3.05) is 25.0 Å². The Bertz CT molecular complexity index is 1020. The van der Waals surface area contributed by atoms with Crippen LogP contribution in [0.3, 0.4) is 0 Å². The van der Waals surface area contributed by atoms with Gasteiger partial charge in [-0.2, -0.15) is 18.3 Å². The van der Waals surface area contributed by atoms with E-state index >= 15 is 0 Å². The molecular weight excluding hydrogens is 435 g/mol. The second-order valence-corrected chi connectivity index (χ2v) is 6.72. The van der Waals surface area contributed by atoms with Crippen molar-refractivity contribution in [3.63, 3.8) is 0 Å². The van der Waals surface area contributed by atoms with Crippen LogP contribution in [0.1, 0.15) is 27.6 Å². The van der Waals surface area contributed by atoms with Crippen LogP contribution in [0.25, 0.3) is 5.82 Å². The third kappa shape index (κ3) is 5.40. The molecule has 3 aromatic rings. The highest BCUT2D eigenvalue weighted by Crippen LogP contribution is 2.28. The van der Waals surface area contributed by atoms with Crippen LogP contribution < -0.4 is 10.6 Å². The summed E-state index contributed by atoms with van der Waals surface area (Å²) < 4.78 is 44.9. The average molecular weight is 454 g/mol. The van der Waals surface area contributed by atoms with E-state index in [0.717, 1.165) is 30.9 Å². The van der Waals surface area contributed by atoms with Crippen molar-refractivity contribution in [3.8, 4) is 5.82 Å². The maximum absolute atomic E-state index is 12.6. The molecule has 2 aromatic heterocycles. The number of morpholine rings is 1. The number of benzene rings is 1. The Kier molecular flexibility index (Phi) is 6.94. The van der Waals surface area contributed by atoms with Crippen LogP contribution in [0.2, 0.25) is 0 Å². The minimum absolute atomic E-state index is 0. The molecule has 11 heteroatoms. The van der Waals surface area contributed by atoms with Gasteiger partial charge in [-0.25, -0.2) is 9.67 Å². The minimum Gasteiger partial charge on any atom is -0.371 e. The Morgan fingerprint density at radius 2 is 1.94 bits per heavy atom. The van der Waals surface area contributed by atoms with Gasteiger partial charge in [-0.1, -0.05) is 12.1 Å². The van der Waals surface area contributed by atoms with Gasteiger partial charge in [0, 0.05) is 31.2 Å². The summed E-state index contributed by atoms with van der Waals surface area (Å²) in [6.45, 7) is 2.23.